The highest BCUT2D eigenvalue weighted by Crippen LogP contribution is 2.22. The van der Waals surface area contributed by atoms with E-state index in [1.165, 1.54) is 24.8 Å². The van der Waals surface area contributed by atoms with E-state index >= 15 is 0 Å². The van der Waals surface area contributed by atoms with Crippen LogP contribution in [0.25, 0.3) is 0 Å². The highest BCUT2D eigenvalue weighted by Gasteiger charge is 2.25. The fourth-order valence-corrected chi connectivity index (χ4v) is 3.09. The van der Waals surface area contributed by atoms with Crippen LogP contribution in [0.1, 0.15) is 38.7 Å². The first kappa shape index (κ1) is 13.6. The summed E-state index contributed by atoms with van der Waals surface area (Å²) in [6.07, 6.45) is 4.99. The van der Waals surface area contributed by atoms with Gasteiger partial charge in [-0.05, 0) is 38.7 Å². The van der Waals surface area contributed by atoms with E-state index in [1.54, 1.807) is 0 Å². The smallest absolute Gasteiger partial charge is 0.0208 e. The Balaban J connectivity index is 1.88. The van der Waals surface area contributed by atoms with Crippen LogP contribution in [0.3, 0.4) is 0 Å². The molecule has 1 fully saturated rings. The van der Waals surface area contributed by atoms with Crippen LogP contribution in [0.2, 0.25) is 0 Å². The van der Waals surface area contributed by atoms with Gasteiger partial charge < -0.3 is 5.73 Å². The van der Waals surface area contributed by atoms with Gasteiger partial charge in [0.05, 0.1) is 0 Å². The SMILES string of the molecule is C[C@@H]1CCC[C@H](C)N1CC(N)Cc1ccccc1. The molecule has 0 aliphatic carbocycles. The van der Waals surface area contributed by atoms with Crippen LogP contribution in [-0.4, -0.2) is 29.6 Å². The molecule has 0 spiro atoms. The quantitative estimate of drug-likeness (QED) is 0.885. The summed E-state index contributed by atoms with van der Waals surface area (Å²) in [6, 6.07) is 12.2. The van der Waals surface area contributed by atoms with Crippen LogP contribution in [0.15, 0.2) is 30.3 Å². The Kier molecular flexibility index (Phi) is 4.79. The van der Waals surface area contributed by atoms with Crippen molar-refractivity contribution in [1.29, 1.82) is 0 Å². The summed E-state index contributed by atoms with van der Waals surface area (Å²) in [6.45, 7) is 5.70. The summed E-state index contributed by atoms with van der Waals surface area (Å²) < 4.78 is 0. The Labute approximate surface area is 111 Å². The van der Waals surface area contributed by atoms with Crippen molar-refractivity contribution in [2.75, 3.05) is 6.54 Å². The van der Waals surface area contributed by atoms with Crippen molar-refractivity contribution in [1.82, 2.24) is 4.90 Å². The number of rotatable bonds is 4. The molecule has 1 unspecified atom stereocenters. The van der Waals surface area contributed by atoms with E-state index in [4.69, 9.17) is 5.73 Å². The van der Waals surface area contributed by atoms with Crippen LogP contribution >= 0.6 is 0 Å². The van der Waals surface area contributed by atoms with Crippen molar-refractivity contribution in [2.45, 2.75) is 57.7 Å². The molecular weight excluding hydrogens is 220 g/mol. The third-order valence-electron chi connectivity index (χ3n) is 4.16. The molecule has 1 saturated heterocycles. The lowest BCUT2D eigenvalue weighted by Crippen LogP contribution is -2.49. The van der Waals surface area contributed by atoms with Crippen molar-refractivity contribution in [3.8, 4) is 0 Å². The van der Waals surface area contributed by atoms with E-state index in [1.807, 2.05) is 0 Å². The van der Waals surface area contributed by atoms with Crippen molar-refractivity contribution in [3.05, 3.63) is 35.9 Å². The third kappa shape index (κ3) is 3.56. The monoisotopic (exact) mass is 246 g/mol. The van der Waals surface area contributed by atoms with Crippen molar-refractivity contribution in [3.63, 3.8) is 0 Å². The zero-order valence-corrected chi connectivity index (χ0v) is 11.7. The number of hydrogen-bond donors (Lipinski definition) is 1. The number of hydrogen-bond acceptors (Lipinski definition) is 2. The second-order valence-corrected chi connectivity index (χ2v) is 5.78. The fraction of sp³-hybridized carbons (Fsp3) is 0.625. The molecule has 2 N–H and O–H groups in total. The average molecular weight is 246 g/mol. The van der Waals surface area contributed by atoms with Crippen LogP contribution in [-0.2, 0) is 6.42 Å². The number of likely N-dealkylation sites (tertiary alicyclic amines) is 1. The molecule has 0 amide bonds. The van der Waals surface area contributed by atoms with E-state index in [0.717, 1.165) is 13.0 Å². The minimum Gasteiger partial charge on any atom is -0.326 e. The van der Waals surface area contributed by atoms with E-state index < -0.39 is 0 Å². The van der Waals surface area contributed by atoms with Crippen LogP contribution in [0.5, 0.6) is 0 Å². The number of benzene rings is 1. The largest absolute Gasteiger partial charge is 0.326 e. The molecule has 0 bridgehead atoms. The molecule has 0 aromatic heterocycles. The highest BCUT2D eigenvalue weighted by atomic mass is 15.2. The number of piperidine rings is 1. The first-order chi connectivity index (χ1) is 8.66. The van der Waals surface area contributed by atoms with Gasteiger partial charge >= 0.3 is 0 Å². The summed E-state index contributed by atoms with van der Waals surface area (Å²) in [5, 5.41) is 0. The van der Waals surface area contributed by atoms with Crippen LogP contribution in [0, 0.1) is 0 Å². The lowest BCUT2D eigenvalue weighted by Gasteiger charge is -2.40. The third-order valence-corrected chi connectivity index (χ3v) is 4.16. The van der Waals surface area contributed by atoms with Gasteiger partial charge in [0.1, 0.15) is 0 Å². The molecule has 100 valence electrons. The molecular formula is C16H26N2. The summed E-state index contributed by atoms with van der Waals surface area (Å²) >= 11 is 0. The lowest BCUT2D eigenvalue weighted by atomic mass is 9.96. The predicted octanol–water partition coefficient (Wildman–Crippen LogP) is 2.82. The Morgan fingerprint density at radius 1 is 1.17 bits per heavy atom. The van der Waals surface area contributed by atoms with Gasteiger partial charge in [-0.25, -0.2) is 0 Å². The Hall–Kier alpha value is -0.860. The Morgan fingerprint density at radius 2 is 1.78 bits per heavy atom. The molecule has 3 atom stereocenters. The van der Waals surface area contributed by atoms with Crippen LogP contribution < -0.4 is 5.73 Å². The second kappa shape index (κ2) is 6.35. The first-order valence-corrected chi connectivity index (χ1v) is 7.22. The van der Waals surface area contributed by atoms with E-state index in [-0.39, 0.29) is 6.04 Å². The van der Waals surface area contributed by atoms with Gasteiger partial charge in [0.25, 0.3) is 0 Å². The Bertz CT molecular complexity index is 339. The molecule has 2 rings (SSSR count). The standard InChI is InChI=1S/C16H26N2/c1-13-7-6-8-14(2)18(13)12-16(17)11-15-9-4-3-5-10-15/h3-5,9-10,13-14,16H,6-8,11-12,17H2,1-2H3/t13-,14+,16?. The molecule has 0 radical (unpaired) electrons. The van der Waals surface area contributed by atoms with Gasteiger partial charge in [0.2, 0.25) is 0 Å². The minimum atomic E-state index is 0.246. The average Bonchev–Trinajstić information content (AvgIpc) is 2.35. The van der Waals surface area contributed by atoms with E-state index in [2.05, 4.69) is 49.1 Å². The maximum absolute atomic E-state index is 6.32. The van der Waals surface area contributed by atoms with Gasteiger partial charge in [-0.15, -0.1) is 0 Å². The maximum atomic E-state index is 6.32. The normalized spacial score (nSPS) is 27.1. The van der Waals surface area contributed by atoms with E-state index in [9.17, 15) is 0 Å². The molecule has 1 aromatic rings. The van der Waals surface area contributed by atoms with Gasteiger partial charge in [-0.3, -0.25) is 4.90 Å². The van der Waals surface area contributed by atoms with Crippen molar-refractivity contribution in [2.24, 2.45) is 5.73 Å². The second-order valence-electron chi connectivity index (χ2n) is 5.78. The molecule has 1 heterocycles. The highest BCUT2D eigenvalue weighted by molar-refractivity contribution is 5.15. The molecule has 1 aromatic carbocycles. The fourth-order valence-electron chi connectivity index (χ4n) is 3.09. The van der Waals surface area contributed by atoms with Gasteiger partial charge in [-0.2, -0.15) is 0 Å². The minimum absolute atomic E-state index is 0.246. The summed E-state index contributed by atoms with van der Waals surface area (Å²) in [7, 11) is 0. The molecule has 1 aliphatic heterocycles. The summed E-state index contributed by atoms with van der Waals surface area (Å²) in [4.78, 5) is 2.59. The summed E-state index contributed by atoms with van der Waals surface area (Å²) in [5.41, 5.74) is 7.67. The molecule has 18 heavy (non-hydrogen) atoms. The van der Waals surface area contributed by atoms with Crippen LogP contribution in [0.4, 0.5) is 0 Å². The molecule has 0 saturated carbocycles. The maximum Gasteiger partial charge on any atom is 0.0208 e. The topological polar surface area (TPSA) is 29.3 Å². The van der Waals surface area contributed by atoms with E-state index in [0.29, 0.717) is 12.1 Å². The Morgan fingerprint density at radius 3 is 2.39 bits per heavy atom. The van der Waals surface area contributed by atoms with Crippen molar-refractivity contribution < 1.29 is 0 Å². The molecule has 2 heteroatoms. The first-order valence-electron chi connectivity index (χ1n) is 7.22. The lowest BCUT2D eigenvalue weighted by molar-refractivity contribution is 0.0961. The molecule has 1 aliphatic rings. The number of nitrogens with two attached hydrogens (primary N) is 1. The zero-order valence-electron chi connectivity index (χ0n) is 11.7. The number of nitrogens with zero attached hydrogens (tertiary/aromatic N) is 1. The van der Waals surface area contributed by atoms with Gasteiger partial charge in [0, 0.05) is 24.7 Å². The molecule has 2 nitrogen and oxygen atoms in total. The van der Waals surface area contributed by atoms with Crippen molar-refractivity contribution >= 4 is 0 Å². The van der Waals surface area contributed by atoms with Gasteiger partial charge in [-0.1, -0.05) is 36.8 Å². The summed E-state index contributed by atoms with van der Waals surface area (Å²) in [5.74, 6) is 0. The predicted molar refractivity (Wildman–Crippen MR) is 77.6 cm³/mol. The van der Waals surface area contributed by atoms with Gasteiger partial charge in [0.15, 0.2) is 0 Å². The zero-order chi connectivity index (χ0) is 13.0.